The number of phosphoric ester groups is 2. The topological polar surface area (TPSA) is 237 Å². The molecule has 0 aromatic carbocycles. The third-order valence-corrected chi connectivity index (χ3v) is 17.3. The lowest BCUT2D eigenvalue weighted by Crippen LogP contribution is -2.30. The summed E-state index contributed by atoms with van der Waals surface area (Å²) in [5.74, 6) is -2.31. The summed E-state index contributed by atoms with van der Waals surface area (Å²) in [5, 5.41) is 10.6. The number of carbonyl (C=O) groups excluding carboxylic acids is 4. The van der Waals surface area contributed by atoms with Gasteiger partial charge in [0.2, 0.25) is 0 Å². The van der Waals surface area contributed by atoms with E-state index in [1.165, 1.54) is 57.8 Å². The van der Waals surface area contributed by atoms with Crippen molar-refractivity contribution in [3.05, 3.63) is 122 Å². The average molecular weight is 1420 g/mol. The Bertz CT molecular complexity index is 2340. The Balaban J connectivity index is 5.41. The van der Waals surface area contributed by atoms with Crippen molar-refractivity contribution in [2.45, 2.75) is 316 Å². The summed E-state index contributed by atoms with van der Waals surface area (Å²) in [6.07, 6.45) is 76.4. The SMILES string of the molecule is CC/C=C\C/C=C\C/C=C\C/C=C\C/C=C\C/C=C\CCC(=O)OCC(COP(=O)(O)OCC(O)COP(=O)(O)OCC(COC(=O)CCCCCCC/C=C\CCCCCC)OC(=O)CCCCCCC/C=C\CCCC)OC(=O)CCCCCCC/C=C\C/C=C\CCCCC. The van der Waals surface area contributed by atoms with E-state index in [4.69, 9.17) is 37.0 Å². The van der Waals surface area contributed by atoms with E-state index in [1.54, 1.807) is 0 Å². The van der Waals surface area contributed by atoms with Gasteiger partial charge in [0, 0.05) is 25.7 Å². The summed E-state index contributed by atoms with van der Waals surface area (Å²) in [7, 11) is -9.97. The van der Waals surface area contributed by atoms with Crippen LogP contribution in [0.3, 0.4) is 0 Å². The third kappa shape index (κ3) is 69.9. The zero-order chi connectivity index (χ0) is 71.8. The Hall–Kier alpha value is -4.54. The lowest BCUT2D eigenvalue weighted by Gasteiger charge is -2.21. The van der Waals surface area contributed by atoms with Crippen LogP contribution in [-0.4, -0.2) is 96.7 Å². The standard InChI is InChI=1S/C79H134O17P2/c1-5-9-13-17-21-25-29-32-34-35-36-37-39-41-45-48-52-56-60-64-77(82)90-70-75(96-79(84)66-62-58-54-50-46-42-38-33-30-26-22-18-14-10-6-2)72-94-98(87,88)92-68-73(80)67-91-97(85,86)93-71-74(95-78(83)65-61-57-53-49-43-28-24-20-16-12-8-4)69-89-76(81)63-59-55-51-47-44-40-31-27-23-19-15-11-7-3/h9,13,20-22,24-27,31-34,36-38,41,45,52,56,73-75,80H,5-8,10-12,14-19,23,28-30,35,39-40,42-44,46-51,53-55,57-72H2,1-4H3,(H,85,86)(H,87,88)/b13-9-,24-20-,25-21-,26-22-,31-27-,34-32-,37-36-,38-33-,45-41-,56-52-. The van der Waals surface area contributed by atoms with Crippen molar-refractivity contribution in [2.24, 2.45) is 0 Å². The number of unbranched alkanes of at least 4 members (excludes halogenated alkanes) is 24. The summed E-state index contributed by atoms with van der Waals surface area (Å²) in [6.45, 7) is 4.55. The number of ether oxygens (including phenoxy) is 4. The molecular formula is C79H134O17P2. The van der Waals surface area contributed by atoms with Gasteiger partial charge in [-0.25, -0.2) is 9.13 Å². The molecule has 0 bridgehead atoms. The van der Waals surface area contributed by atoms with E-state index in [1.807, 2.05) is 18.2 Å². The van der Waals surface area contributed by atoms with Crippen LogP contribution in [0.15, 0.2) is 122 Å². The zero-order valence-corrected chi connectivity index (χ0v) is 63.0. The number of rotatable bonds is 70. The minimum absolute atomic E-state index is 0.0308. The lowest BCUT2D eigenvalue weighted by molar-refractivity contribution is -0.161. The minimum atomic E-state index is -5.00. The number of allylic oxidation sites excluding steroid dienone is 20. The molecule has 0 heterocycles. The van der Waals surface area contributed by atoms with E-state index < -0.39 is 97.5 Å². The molecule has 5 atom stereocenters. The molecule has 3 N–H and O–H groups in total. The van der Waals surface area contributed by atoms with E-state index in [0.717, 1.165) is 154 Å². The predicted molar refractivity (Wildman–Crippen MR) is 399 cm³/mol. The van der Waals surface area contributed by atoms with Gasteiger partial charge in [0.25, 0.3) is 0 Å². The van der Waals surface area contributed by atoms with Crippen LogP contribution in [0.2, 0.25) is 0 Å². The maximum absolute atomic E-state index is 13.1. The van der Waals surface area contributed by atoms with Crippen LogP contribution in [0.5, 0.6) is 0 Å². The molecule has 0 aromatic heterocycles. The van der Waals surface area contributed by atoms with E-state index in [-0.39, 0.29) is 25.7 Å². The van der Waals surface area contributed by atoms with Crippen LogP contribution in [0.1, 0.15) is 297 Å². The summed E-state index contributed by atoms with van der Waals surface area (Å²) in [5.41, 5.74) is 0. The molecular weight excluding hydrogens is 1280 g/mol. The lowest BCUT2D eigenvalue weighted by atomic mass is 10.1. The average Bonchev–Trinajstić information content (AvgIpc) is 0.992. The second-order valence-electron chi connectivity index (χ2n) is 24.8. The summed E-state index contributed by atoms with van der Waals surface area (Å²) in [4.78, 5) is 72.7. The number of esters is 4. The van der Waals surface area contributed by atoms with Crippen molar-refractivity contribution >= 4 is 39.5 Å². The zero-order valence-electron chi connectivity index (χ0n) is 61.2. The molecule has 0 fully saturated rings. The number of aliphatic hydroxyl groups excluding tert-OH is 1. The molecule has 0 aromatic rings. The van der Waals surface area contributed by atoms with Crippen molar-refractivity contribution in [3.8, 4) is 0 Å². The van der Waals surface area contributed by atoms with Gasteiger partial charge in [-0.15, -0.1) is 0 Å². The molecule has 0 saturated heterocycles. The molecule has 0 amide bonds. The van der Waals surface area contributed by atoms with E-state index in [9.17, 15) is 43.2 Å². The molecule has 0 aliphatic heterocycles. The van der Waals surface area contributed by atoms with Crippen molar-refractivity contribution in [2.75, 3.05) is 39.6 Å². The summed E-state index contributed by atoms with van der Waals surface area (Å²) in [6, 6.07) is 0. The molecule has 17 nitrogen and oxygen atoms in total. The highest BCUT2D eigenvalue weighted by Crippen LogP contribution is 2.45. The highest BCUT2D eigenvalue weighted by Gasteiger charge is 2.30. The first-order chi connectivity index (χ1) is 47.7. The molecule has 0 saturated carbocycles. The van der Waals surface area contributed by atoms with Gasteiger partial charge >= 0.3 is 39.5 Å². The second kappa shape index (κ2) is 70.9. The van der Waals surface area contributed by atoms with Crippen molar-refractivity contribution in [1.29, 1.82) is 0 Å². The van der Waals surface area contributed by atoms with Gasteiger partial charge in [-0.05, 0) is 141 Å². The van der Waals surface area contributed by atoms with Gasteiger partial charge in [-0.3, -0.25) is 37.3 Å². The fraction of sp³-hybridized carbons (Fsp3) is 0.696. The first kappa shape index (κ1) is 93.5. The smallest absolute Gasteiger partial charge is 0.462 e. The molecule has 0 radical (unpaired) electrons. The molecule has 0 rings (SSSR count). The summed E-state index contributed by atoms with van der Waals surface area (Å²) >= 11 is 0. The van der Waals surface area contributed by atoms with E-state index in [2.05, 4.69) is 131 Å². The van der Waals surface area contributed by atoms with Crippen LogP contribution < -0.4 is 0 Å². The van der Waals surface area contributed by atoms with Crippen LogP contribution in [0, 0.1) is 0 Å². The number of hydrogen-bond acceptors (Lipinski definition) is 15. The fourth-order valence-corrected chi connectivity index (χ4v) is 11.2. The number of carbonyl (C=O) groups is 4. The van der Waals surface area contributed by atoms with Gasteiger partial charge < -0.3 is 33.8 Å². The van der Waals surface area contributed by atoms with E-state index >= 15 is 0 Å². The summed E-state index contributed by atoms with van der Waals surface area (Å²) < 4.78 is 68.3. The Kier molecular flexibility index (Phi) is 67.6. The van der Waals surface area contributed by atoms with Crippen LogP contribution in [-0.2, 0) is 65.4 Å². The van der Waals surface area contributed by atoms with Crippen LogP contribution >= 0.6 is 15.6 Å². The minimum Gasteiger partial charge on any atom is -0.462 e. The first-order valence-corrected chi connectivity index (χ1v) is 40.8. The normalized spacial score (nSPS) is 14.6. The fourth-order valence-electron chi connectivity index (χ4n) is 9.60. The molecule has 0 spiro atoms. The quantitative estimate of drug-likeness (QED) is 0.0169. The van der Waals surface area contributed by atoms with Gasteiger partial charge in [-0.2, -0.15) is 0 Å². The van der Waals surface area contributed by atoms with Crippen molar-refractivity contribution in [1.82, 2.24) is 0 Å². The van der Waals surface area contributed by atoms with Crippen molar-refractivity contribution in [3.63, 3.8) is 0 Å². The number of phosphoric acid groups is 2. The molecule has 0 aliphatic rings. The number of aliphatic hydroxyl groups is 1. The predicted octanol–water partition coefficient (Wildman–Crippen LogP) is 21.6. The highest BCUT2D eigenvalue weighted by molar-refractivity contribution is 7.47. The Labute approximate surface area is 593 Å². The van der Waals surface area contributed by atoms with Gasteiger partial charge in [0.05, 0.1) is 26.4 Å². The largest absolute Gasteiger partial charge is 0.472 e. The number of hydrogen-bond donors (Lipinski definition) is 3. The van der Waals surface area contributed by atoms with E-state index in [0.29, 0.717) is 32.1 Å². The molecule has 19 heteroatoms. The maximum atomic E-state index is 13.1. The van der Waals surface area contributed by atoms with Gasteiger partial charge in [0.1, 0.15) is 19.3 Å². The first-order valence-electron chi connectivity index (χ1n) is 37.8. The van der Waals surface area contributed by atoms with Crippen LogP contribution in [0.25, 0.3) is 0 Å². The van der Waals surface area contributed by atoms with Crippen molar-refractivity contribution < 1.29 is 80.2 Å². The molecule has 98 heavy (non-hydrogen) atoms. The van der Waals surface area contributed by atoms with Gasteiger partial charge in [-0.1, -0.05) is 252 Å². The maximum Gasteiger partial charge on any atom is 0.472 e. The van der Waals surface area contributed by atoms with Gasteiger partial charge in [0.15, 0.2) is 12.2 Å². The molecule has 562 valence electrons. The van der Waals surface area contributed by atoms with Crippen LogP contribution in [0.4, 0.5) is 0 Å². The second-order valence-corrected chi connectivity index (χ2v) is 27.8. The Morgan fingerprint density at radius 3 is 0.939 bits per heavy atom. The Morgan fingerprint density at radius 2 is 0.561 bits per heavy atom. The third-order valence-electron chi connectivity index (χ3n) is 15.4. The molecule has 0 aliphatic carbocycles. The monoisotopic (exact) mass is 1420 g/mol. The Morgan fingerprint density at radius 1 is 0.296 bits per heavy atom. The highest BCUT2D eigenvalue weighted by atomic mass is 31.2. The molecule has 5 unspecified atom stereocenters.